The van der Waals surface area contributed by atoms with Crippen molar-refractivity contribution in [2.75, 3.05) is 19.8 Å². The first-order valence-electron chi connectivity index (χ1n) is 11.0. The molecule has 0 fully saturated rings. The molecule has 2 aromatic carbocycles. The van der Waals surface area contributed by atoms with Gasteiger partial charge in [-0.15, -0.1) is 0 Å². The Bertz CT molecular complexity index is 1160. The molecule has 172 valence electrons. The molecule has 3 aromatic rings. The number of hydrogen-bond acceptors (Lipinski definition) is 5. The molecule has 8 heteroatoms. The van der Waals surface area contributed by atoms with Gasteiger partial charge in [-0.2, -0.15) is 4.98 Å². The minimum absolute atomic E-state index is 0.236. The van der Waals surface area contributed by atoms with E-state index >= 15 is 0 Å². The molecule has 0 aliphatic carbocycles. The maximum Gasteiger partial charge on any atom is 0.322 e. The third kappa shape index (κ3) is 4.96. The number of carbonyl (C=O) groups excluding carboxylic acids is 1. The minimum Gasteiger partial charge on any atom is -0.382 e. The van der Waals surface area contributed by atoms with E-state index < -0.39 is 6.04 Å². The molecule has 1 atom stereocenters. The largest absolute Gasteiger partial charge is 0.382 e. The summed E-state index contributed by atoms with van der Waals surface area (Å²) in [5, 5.41) is 7.20. The molecule has 33 heavy (non-hydrogen) atoms. The zero-order valence-electron chi connectivity index (χ0n) is 19.0. The Hall–Kier alpha value is -3.52. The Morgan fingerprint density at radius 2 is 1.97 bits per heavy atom. The Labute approximate surface area is 192 Å². The topological polar surface area (TPSA) is 80.5 Å². The van der Waals surface area contributed by atoms with Crippen LogP contribution >= 0.6 is 0 Å². The van der Waals surface area contributed by atoms with Gasteiger partial charge in [0.2, 0.25) is 5.82 Å². The minimum atomic E-state index is -0.549. The molecule has 0 bridgehead atoms. The van der Waals surface area contributed by atoms with E-state index in [-0.39, 0.29) is 11.8 Å². The van der Waals surface area contributed by atoms with Crippen molar-refractivity contribution in [2.24, 2.45) is 0 Å². The van der Waals surface area contributed by atoms with Crippen LogP contribution in [0.25, 0.3) is 17.0 Å². The third-order valence-corrected chi connectivity index (χ3v) is 5.61. The number of benzene rings is 2. The Balaban J connectivity index is 1.74. The number of nitrogens with zero attached hydrogens (tertiary/aromatic N) is 3. The summed E-state index contributed by atoms with van der Waals surface area (Å²) in [7, 11) is 0. The quantitative estimate of drug-likeness (QED) is 0.483. The molecule has 4 rings (SSSR count). The number of rotatable bonds is 8. The second-order valence-corrected chi connectivity index (χ2v) is 7.93. The molecule has 1 aliphatic heterocycles. The predicted molar refractivity (Wildman–Crippen MR) is 123 cm³/mol. The van der Waals surface area contributed by atoms with Gasteiger partial charge in [0.15, 0.2) is 0 Å². The van der Waals surface area contributed by atoms with Gasteiger partial charge in [-0.3, -0.25) is 4.90 Å². The van der Waals surface area contributed by atoms with E-state index in [1.54, 1.807) is 17.0 Å². The fourth-order valence-electron chi connectivity index (χ4n) is 3.94. The molecule has 1 aromatic heterocycles. The van der Waals surface area contributed by atoms with E-state index in [4.69, 9.17) is 9.26 Å². The number of hydrogen-bond donors (Lipinski definition) is 1. The number of halogens is 1. The van der Waals surface area contributed by atoms with E-state index in [1.165, 1.54) is 12.1 Å². The normalized spacial score (nSPS) is 16.3. The number of allylic oxidation sites excluding steroid dienone is 1. The number of carbonyl (C=O) groups is 1. The standard InChI is InChI=1S/C25H27FN4O3/c1-4-32-14-6-13-30-17(3)21(22(27-25(30)31)18-9-11-20(26)12-10-18)24-28-23(29-33-24)19-8-5-7-16(2)15-19/h5,7-12,15,22H,4,6,13-14H2,1-3H3,(H,27,31). The number of aryl methyl sites for hydroxylation is 1. The highest BCUT2D eigenvalue weighted by atomic mass is 19.1. The van der Waals surface area contributed by atoms with E-state index in [1.807, 2.05) is 45.0 Å². The van der Waals surface area contributed by atoms with Crippen LogP contribution in [0.1, 0.15) is 43.3 Å². The highest BCUT2D eigenvalue weighted by molar-refractivity contribution is 5.86. The summed E-state index contributed by atoms with van der Waals surface area (Å²) >= 11 is 0. The first-order chi connectivity index (χ1) is 16.0. The van der Waals surface area contributed by atoms with E-state index in [9.17, 15) is 9.18 Å². The van der Waals surface area contributed by atoms with Gasteiger partial charge in [0.25, 0.3) is 5.89 Å². The van der Waals surface area contributed by atoms with Crippen LogP contribution in [0.5, 0.6) is 0 Å². The molecule has 0 radical (unpaired) electrons. The van der Waals surface area contributed by atoms with E-state index in [0.717, 1.165) is 16.7 Å². The molecule has 0 saturated heterocycles. The predicted octanol–water partition coefficient (Wildman–Crippen LogP) is 5.11. The first-order valence-corrected chi connectivity index (χ1v) is 11.0. The van der Waals surface area contributed by atoms with Crippen molar-refractivity contribution in [3.05, 3.63) is 77.1 Å². The summed E-state index contributed by atoms with van der Waals surface area (Å²) in [6.45, 7) is 7.47. The van der Waals surface area contributed by atoms with Crippen LogP contribution in [0.2, 0.25) is 0 Å². The lowest BCUT2D eigenvalue weighted by Gasteiger charge is -2.35. The summed E-state index contributed by atoms with van der Waals surface area (Å²) in [6.07, 6.45) is 0.686. The Kier molecular flexibility index (Phi) is 6.84. The maximum atomic E-state index is 13.6. The number of aromatic nitrogens is 2. The van der Waals surface area contributed by atoms with Crippen molar-refractivity contribution in [3.63, 3.8) is 0 Å². The fraction of sp³-hybridized carbons (Fsp3) is 0.320. The van der Waals surface area contributed by atoms with Crippen LogP contribution in [-0.4, -0.2) is 40.8 Å². The first kappa shape index (κ1) is 22.7. The smallest absolute Gasteiger partial charge is 0.322 e. The van der Waals surface area contributed by atoms with Crippen LogP contribution in [0.3, 0.4) is 0 Å². The van der Waals surface area contributed by atoms with Crippen LogP contribution in [0, 0.1) is 12.7 Å². The third-order valence-electron chi connectivity index (χ3n) is 5.61. The molecule has 1 unspecified atom stereocenters. The zero-order chi connectivity index (χ0) is 23.4. The van der Waals surface area contributed by atoms with Crippen molar-refractivity contribution < 1.29 is 18.4 Å². The zero-order valence-corrected chi connectivity index (χ0v) is 19.0. The van der Waals surface area contributed by atoms with Crippen LogP contribution < -0.4 is 5.32 Å². The number of nitrogens with one attached hydrogen (secondary N) is 1. The summed E-state index contributed by atoms with van der Waals surface area (Å²) in [4.78, 5) is 19.3. The molecule has 2 heterocycles. The maximum absolute atomic E-state index is 13.6. The van der Waals surface area contributed by atoms with E-state index in [2.05, 4.69) is 15.5 Å². The molecule has 1 aliphatic rings. The average molecular weight is 451 g/mol. The molecule has 0 saturated carbocycles. The van der Waals surface area contributed by atoms with Gasteiger partial charge >= 0.3 is 6.03 Å². The van der Waals surface area contributed by atoms with Crippen molar-refractivity contribution in [2.45, 2.75) is 33.2 Å². The van der Waals surface area contributed by atoms with Crippen LogP contribution in [0.15, 0.2) is 58.8 Å². The lowest BCUT2D eigenvalue weighted by molar-refractivity contribution is 0.136. The lowest BCUT2D eigenvalue weighted by atomic mass is 9.94. The van der Waals surface area contributed by atoms with Gasteiger partial charge in [0.05, 0.1) is 11.6 Å². The Morgan fingerprint density at radius 1 is 1.18 bits per heavy atom. The number of amides is 2. The second-order valence-electron chi connectivity index (χ2n) is 7.93. The van der Waals surface area contributed by atoms with Gasteiger partial charge in [0.1, 0.15) is 5.82 Å². The van der Waals surface area contributed by atoms with Gasteiger partial charge in [-0.25, -0.2) is 9.18 Å². The fourth-order valence-corrected chi connectivity index (χ4v) is 3.94. The molecule has 0 spiro atoms. The molecular weight excluding hydrogens is 423 g/mol. The van der Waals surface area contributed by atoms with Gasteiger partial charge in [0, 0.05) is 31.0 Å². The summed E-state index contributed by atoms with van der Waals surface area (Å²) in [5.74, 6) is 0.431. The van der Waals surface area contributed by atoms with Gasteiger partial charge in [-0.05, 0) is 51.0 Å². The van der Waals surface area contributed by atoms with Gasteiger partial charge < -0.3 is 14.6 Å². The summed E-state index contributed by atoms with van der Waals surface area (Å²) in [6, 6.07) is 13.1. The van der Waals surface area contributed by atoms with E-state index in [0.29, 0.717) is 49.2 Å². The monoisotopic (exact) mass is 450 g/mol. The van der Waals surface area contributed by atoms with Crippen LogP contribution in [-0.2, 0) is 4.74 Å². The SMILES string of the molecule is CCOCCCN1C(=O)NC(c2ccc(F)cc2)C(c2nc(-c3cccc(C)c3)no2)=C1C. The number of ether oxygens (including phenoxy) is 1. The van der Waals surface area contributed by atoms with Crippen molar-refractivity contribution in [3.8, 4) is 11.4 Å². The lowest BCUT2D eigenvalue weighted by Crippen LogP contribution is -2.46. The molecular formula is C25H27FN4O3. The molecule has 1 N–H and O–H groups in total. The van der Waals surface area contributed by atoms with Gasteiger partial charge in [-0.1, -0.05) is 41.1 Å². The second kappa shape index (κ2) is 9.95. The average Bonchev–Trinajstić information content (AvgIpc) is 3.28. The summed E-state index contributed by atoms with van der Waals surface area (Å²) < 4.78 is 24.6. The van der Waals surface area contributed by atoms with Crippen LogP contribution in [0.4, 0.5) is 9.18 Å². The summed E-state index contributed by atoms with van der Waals surface area (Å²) in [5.41, 5.74) is 4.05. The van der Waals surface area contributed by atoms with Crippen molar-refractivity contribution >= 4 is 11.6 Å². The highest BCUT2D eigenvalue weighted by Crippen LogP contribution is 2.37. The molecule has 7 nitrogen and oxygen atoms in total. The number of urea groups is 1. The van der Waals surface area contributed by atoms with Crippen molar-refractivity contribution in [1.29, 1.82) is 0 Å². The Morgan fingerprint density at radius 3 is 2.70 bits per heavy atom. The molecule has 2 amide bonds. The highest BCUT2D eigenvalue weighted by Gasteiger charge is 2.35. The van der Waals surface area contributed by atoms with Crippen molar-refractivity contribution in [1.82, 2.24) is 20.4 Å².